The van der Waals surface area contributed by atoms with Crippen LogP contribution in [0.15, 0.2) is 0 Å². The monoisotopic (exact) mass is 258 g/mol. The molecule has 1 heterocycles. The molecule has 0 radical (unpaired) electrons. The molecule has 1 aromatic heterocycles. The van der Waals surface area contributed by atoms with Crippen LogP contribution in [0.3, 0.4) is 0 Å². The van der Waals surface area contributed by atoms with Crippen LogP contribution in [0.4, 0.5) is 0 Å². The molecule has 5 heteroatoms. The topological polar surface area (TPSA) is 43.4 Å². The number of methoxy groups -OCH3 is 2. The predicted molar refractivity (Wildman–Crippen MR) is 70.4 cm³/mol. The standard InChI is InChI=1S/C12H22N2O2S/c1-9(2)13-7-11-10(8-16-4)14-12(17-11)5-6-15-3/h9,13H,5-8H2,1-4H3. The van der Waals surface area contributed by atoms with E-state index in [0.29, 0.717) is 12.6 Å². The third-order valence-electron chi connectivity index (χ3n) is 2.29. The second kappa shape index (κ2) is 7.76. The first-order chi connectivity index (χ1) is 8.17. The van der Waals surface area contributed by atoms with E-state index in [0.717, 1.165) is 30.3 Å². The van der Waals surface area contributed by atoms with Gasteiger partial charge in [-0.15, -0.1) is 11.3 Å². The van der Waals surface area contributed by atoms with Gasteiger partial charge in [0, 0.05) is 38.1 Å². The van der Waals surface area contributed by atoms with Crippen LogP contribution in [0.2, 0.25) is 0 Å². The number of hydrogen-bond acceptors (Lipinski definition) is 5. The van der Waals surface area contributed by atoms with Gasteiger partial charge in [-0.3, -0.25) is 0 Å². The first kappa shape index (κ1) is 14.6. The molecular weight excluding hydrogens is 236 g/mol. The summed E-state index contributed by atoms with van der Waals surface area (Å²) in [5.41, 5.74) is 1.05. The van der Waals surface area contributed by atoms with Crippen molar-refractivity contribution < 1.29 is 9.47 Å². The zero-order valence-electron chi connectivity index (χ0n) is 11.1. The molecule has 1 N–H and O–H groups in total. The Labute approximate surface area is 107 Å². The van der Waals surface area contributed by atoms with Gasteiger partial charge in [0.1, 0.15) is 0 Å². The van der Waals surface area contributed by atoms with Crippen molar-refractivity contribution >= 4 is 11.3 Å². The molecule has 0 aliphatic carbocycles. The predicted octanol–water partition coefficient (Wildman–Crippen LogP) is 1.98. The molecule has 4 nitrogen and oxygen atoms in total. The fourth-order valence-electron chi connectivity index (χ4n) is 1.42. The van der Waals surface area contributed by atoms with Crippen molar-refractivity contribution in [2.24, 2.45) is 0 Å². The largest absolute Gasteiger partial charge is 0.384 e. The van der Waals surface area contributed by atoms with Gasteiger partial charge in [0.15, 0.2) is 0 Å². The van der Waals surface area contributed by atoms with Crippen molar-refractivity contribution in [3.05, 3.63) is 15.6 Å². The van der Waals surface area contributed by atoms with Crippen molar-refractivity contribution in [3.8, 4) is 0 Å². The molecular formula is C12H22N2O2S. The summed E-state index contributed by atoms with van der Waals surface area (Å²) in [6.45, 7) is 6.45. The number of thiazole rings is 1. The van der Waals surface area contributed by atoms with E-state index in [1.807, 2.05) is 0 Å². The summed E-state index contributed by atoms with van der Waals surface area (Å²) in [6.07, 6.45) is 0.875. The zero-order chi connectivity index (χ0) is 12.7. The molecule has 0 spiro atoms. The Kier molecular flexibility index (Phi) is 6.65. The fourth-order valence-corrected chi connectivity index (χ4v) is 2.42. The van der Waals surface area contributed by atoms with Crippen molar-refractivity contribution in [3.63, 3.8) is 0 Å². The minimum Gasteiger partial charge on any atom is -0.384 e. The van der Waals surface area contributed by atoms with Gasteiger partial charge in [-0.1, -0.05) is 13.8 Å². The van der Waals surface area contributed by atoms with Gasteiger partial charge in [0.05, 0.1) is 23.9 Å². The van der Waals surface area contributed by atoms with Gasteiger partial charge in [0.25, 0.3) is 0 Å². The second-order valence-electron chi connectivity index (χ2n) is 4.19. The SMILES string of the molecule is COCCc1nc(COC)c(CNC(C)C)s1. The Bertz CT molecular complexity index is 326. The van der Waals surface area contributed by atoms with Gasteiger partial charge >= 0.3 is 0 Å². The summed E-state index contributed by atoms with van der Waals surface area (Å²) in [6, 6.07) is 0.481. The van der Waals surface area contributed by atoms with Gasteiger partial charge < -0.3 is 14.8 Å². The molecule has 0 bridgehead atoms. The average Bonchev–Trinajstić information content (AvgIpc) is 2.67. The highest BCUT2D eigenvalue weighted by Crippen LogP contribution is 2.20. The maximum absolute atomic E-state index is 5.18. The number of hydrogen-bond donors (Lipinski definition) is 1. The molecule has 0 fully saturated rings. The quantitative estimate of drug-likeness (QED) is 0.774. The van der Waals surface area contributed by atoms with Crippen molar-refractivity contribution in [1.29, 1.82) is 0 Å². The Morgan fingerprint density at radius 3 is 2.65 bits per heavy atom. The lowest BCUT2D eigenvalue weighted by atomic mass is 10.3. The molecule has 0 aliphatic rings. The molecule has 0 amide bonds. The number of aromatic nitrogens is 1. The summed E-state index contributed by atoms with van der Waals surface area (Å²) >= 11 is 1.75. The molecule has 1 aromatic rings. The van der Waals surface area contributed by atoms with Crippen LogP contribution in [-0.2, 0) is 29.0 Å². The summed E-state index contributed by atoms with van der Waals surface area (Å²) in [4.78, 5) is 5.86. The summed E-state index contributed by atoms with van der Waals surface area (Å²) in [5.74, 6) is 0. The van der Waals surface area contributed by atoms with Crippen LogP contribution in [0, 0.1) is 0 Å². The van der Waals surface area contributed by atoms with Crippen molar-refractivity contribution in [1.82, 2.24) is 10.3 Å². The minimum absolute atomic E-state index is 0.481. The first-order valence-electron chi connectivity index (χ1n) is 5.86. The zero-order valence-corrected chi connectivity index (χ0v) is 11.9. The lowest BCUT2D eigenvalue weighted by molar-refractivity contribution is 0.180. The molecule has 17 heavy (non-hydrogen) atoms. The Balaban J connectivity index is 2.66. The van der Waals surface area contributed by atoms with Gasteiger partial charge in [-0.25, -0.2) is 4.98 Å². The smallest absolute Gasteiger partial charge is 0.0955 e. The molecule has 0 unspecified atom stereocenters. The van der Waals surface area contributed by atoms with Crippen LogP contribution >= 0.6 is 11.3 Å². The Hall–Kier alpha value is -0.490. The van der Waals surface area contributed by atoms with E-state index in [1.165, 1.54) is 4.88 Å². The molecule has 0 saturated heterocycles. The Morgan fingerprint density at radius 2 is 2.06 bits per heavy atom. The number of rotatable bonds is 8. The molecule has 0 atom stereocenters. The van der Waals surface area contributed by atoms with E-state index < -0.39 is 0 Å². The summed E-state index contributed by atoms with van der Waals surface area (Å²) in [5, 5.41) is 4.54. The highest BCUT2D eigenvalue weighted by molar-refractivity contribution is 7.11. The second-order valence-corrected chi connectivity index (χ2v) is 5.36. The maximum Gasteiger partial charge on any atom is 0.0955 e. The molecule has 98 valence electrons. The van der Waals surface area contributed by atoms with Crippen LogP contribution in [0.1, 0.15) is 29.4 Å². The van der Waals surface area contributed by atoms with Gasteiger partial charge in [-0.2, -0.15) is 0 Å². The highest BCUT2D eigenvalue weighted by Gasteiger charge is 2.11. The van der Waals surface area contributed by atoms with E-state index in [4.69, 9.17) is 9.47 Å². The summed E-state index contributed by atoms with van der Waals surface area (Å²) < 4.78 is 10.3. The first-order valence-corrected chi connectivity index (χ1v) is 6.67. The maximum atomic E-state index is 5.18. The number of nitrogens with one attached hydrogen (secondary N) is 1. The van der Waals surface area contributed by atoms with E-state index >= 15 is 0 Å². The Morgan fingerprint density at radius 1 is 1.29 bits per heavy atom. The van der Waals surface area contributed by atoms with Gasteiger partial charge in [0.2, 0.25) is 0 Å². The van der Waals surface area contributed by atoms with E-state index in [2.05, 4.69) is 24.1 Å². The molecule has 0 aromatic carbocycles. The van der Waals surface area contributed by atoms with E-state index in [-0.39, 0.29) is 0 Å². The number of nitrogens with zero attached hydrogens (tertiary/aromatic N) is 1. The van der Waals surface area contributed by atoms with Crippen LogP contribution in [0.25, 0.3) is 0 Å². The molecule has 0 aliphatic heterocycles. The van der Waals surface area contributed by atoms with E-state index in [1.54, 1.807) is 25.6 Å². The lowest BCUT2D eigenvalue weighted by Crippen LogP contribution is -2.21. The third-order valence-corrected chi connectivity index (χ3v) is 3.45. The average molecular weight is 258 g/mol. The van der Waals surface area contributed by atoms with Crippen LogP contribution < -0.4 is 5.32 Å². The van der Waals surface area contributed by atoms with E-state index in [9.17, 15) is 0 Å². The van der Waals surface area contributed by atoms with Crippen molar-refractivity contribution in [2.45, 2.75) is 39.5 Å². The number of ether oxygens (including phenoxy) is 2. The lowest BCUT2D eigenvalue weighted by Gasteiger charge is -2.07. The van der Waals surface area contributed by atoms with Crippen molar-refractivity contribution in [2.75, 3.05) is 20.8 Å². The fraction of sp³-hybridized carbons (Fsp3) is 0.750. The molecule has 1 rings (SSSR count). The van der Waals surface area contributed by atoms with Crippen LogP contribution in [0.5, 0.6) is 0 Å². The normalized spacial score (nSPS) is 11.4. The third kappa shape index (κ3) is 5.12. The van der Waals surface area contributed by atoms with Crippen LogP contribution in [-0.4, -0.2) is 31.9 Å². The summed E-state index contributed by atoms with van der Waals surface area (Å²) in [7, 11) is 3.42. The minimum atomic E-state index is 0.481. The molecule has 0 saturated carbocycles. The highest BCUT2D eigenvalue weighted by atomic mass is 32.1. The van der Waals surface area contributed by atoms with Gasteiger partial charge in [-0.05, 0) is 0 Å².